The van der Waals surface area contributed by atoms with Crippen molar-refractivity contribution in [1.29, 1.82) is 0 Å². The van der Waals surface area contributed by atoms with Crippen LogP contribution in [0, 0.1) is 0 Å². The summed E-state index contributed by atoms with van der Waals surface area (Å²) in [6, 6.07) is 0. The van der Waals surface area contributed by atoms with E-state index in [2.05, 4.69) is 0 Å². The second kappa shape index (κ2) is 7.70. The molecule has 0 bridgehead atoms. The van der Waals surface area contributed by atoms with Crippen molar-refractivity contribution in [2.75, 3.05) is 0 Å². The summed E-state index contributed by atoms with van der Waals surface area (Å²) < 4.78 is 0. The van der Waals surface area contributed by atoms with Gasteiger partial charge in [-0.05, 0) is 13.3 Å². The van der Waals surface area contributed by atoms with Crippen molar-refractivity contribution in [1.82, 2.24) is 0 Å². The SMILES string of the molecule is CCCC(=O)CC(C)=O.[CaH2]. The Balaban J connectivity index is 0. The zero-order valence-electron chi connectivity index (χ0n) is 5.94. The molecule has 0 aliphatic rings. The summed E-state index contributed by atoms with van der Waals surface area (Å²) in [5.74, 6) is 0.0263. The molecule has 3 heteroatoms. The van der Waals surface area contributed by atoms with Crippen molar-refractivity contribution in [3.63, 3.8) is 0 Å². The average Bonchev–Trinajstić information content (AvgIpc) is 1.63. The Morgan fingerprint density at radius 1 is 1.30 bits per heavy atom. The molecular weight excluding hydrogens is 156 g/mol. The normalized spacial score (nSPS) is 8.20. The molecule has 0 saturated carbocycles. The number of ketones is 2. The first-order chi connectivity index (χ1) is 4.16. The van der Waals surface area contributed by atoms with Crippen LogP contribution in [-0.2, 0) is 9.59 Å². The van der Waals surface area contributed by atoms with Crippen LogP contribution < -0.4 is 0 Å². The summed E-state index contributed by atoms with van der Waals surface area (Å²) in [5.41, 5.74) is 0. The molecule has 0 unspecified atom stereocenters. The monoisotopic (exact) mass is 170 g/mol. The van der Waals surface area contributed by atoms with Crippen molar-refractivity contribution in [3.8, 4) is 0 Å². The first kappa shape index (κ1) is 13.2. The molecule has 0 aliphatic carbocycles. The van der Waals surface area contributed by atoms with Gasteiger partial charge in [-0.2, -0.15) is 0 Å². The number of hydrogen-bond donors (Lipinski definition) is 0. The molecular formula is C7H14CaO2. The van der Waals surface area contributed by atoms with Crippen molar-refractivity contribution >= 4 is 49.3 Å². The minimum atomic E-state index is -0.0338. The predicted molar refractivity (Wildman–Crippen MR) is 43.8 cm³/mol. The number of carbonyl (C=O) groups excluding carboxylic acids is 2. The molecule has 2 nitrogen and oxygen atoms in total. The van der Waals surface area contributed by atoms with E-state index in [1.807, 2.05) is 6.92 Å². The van der Waals surface area contributed by atoms with Crippen molar-refractivity contribution in [2.45, 2.75) is 33.1 Å². The van der Waals surface area contributed by atoms with E-state index in [1.54, 1.807) is 0 Å². The van der Waals surface area contributed by atoms with E-state index in [0.29, 0.717) is 6.42 Å². The first-order valence-corrected chi connectivity index (χ1v) is 3.18. The number of Topliss-reactive ketones (excluding diaryl/α,β-unsaturated/α-hetero) is 2. The van der Waals surface area contributed by atoms with Crippen LogP contribution in [0.1, 0.15) is 33.1 Å². The van der Waals surface area contributed by atoms with Crippen LogP contribution in [0.5, 0.6) is 0 Å². The van der Waals surface area contributed by atoms with Gasteiger partial charge in [0.2, 0.25) is 0 Å². The van der Waals surface area contributed by atoms with E-state index in [1.165, 1.54) is 6.92 Å². The van der Waals surface area contributed by atoms with E-state index in [-0.39, 0.29) is 55.7 Å². The van der Waals surface area contributed by atoms with Gasteiger partial charge in [-0.1, -0.05) is 6.92 Å². The van der Waals surface area contributed by atoms with E-state index < -0.39 is 0 Å². The third-order valence-corrected chi connectivity index (χ3v) is 0.975. The van der Waals surface area contributed by atoms with Gasteiger partial charge in [-0.15, -0.1) is 0 Å². The first-order valence-electron chi connectivity index (χ1n) is 3.18. The molecule has 0 heterocycles. The third-order valence-electron chi connectivity index (χ3n) is 0.975. The summed E-state index contributed by atoms with van der Waals surface area (Å²) >= 11 is 0. The van der Waals surface area contributed by atoms with Gasteiger partial charge in [-0.25, -0.2) is 0 Å². The topological polar surface area (TPSA) is 34.1 Å². The fourth-order valence-corrected chi connectivity index (χ4v) is 0.645. The Kier molecular flexibility index (Phi) is 10.2. The zero-order valence-corrected chi connectivity index (χ0v) is 5.94. The molecule has 0 saturated heterocycles. The Labute approximate surface area is 91.4 Å². The van der Waals surface area contributed by atoms with Crippen molar-refractivity contribution < 1.29 is 9.59 Å². The van der Waals surface area contributed by atoms with Gasteiger partial charge in [0, 0.05) is 6.42 Å². The van der Waals surface area contributed by atoms with Gasteiger partial charge >= 0.3 is 37.7 Å². The van der Waals surface area contributed by atoms with Gasteiger partial charge in [0.25, 0.3) is 0 Å². The van der Waals surface area contributed by atoms with E-state index in [9.17, 15) is 9.59 Å². The molecule has 0 spiro atoms. The van der Waals surface area contributed by atoms with Gasteiger partial charge < -0.3 is 0 Å². The van der Waals surface area contributed by atoms with Gasteiger partial charge in [0.15, 0.2) is 0 Å². The fraction of sp³-hybridized carbons (Fsp3) is 0.714. The molecule has 10 heavy (non-hydrogen) atoms. The third kappa shape index (κ3) is 8.60. The van der Waals surface area contributed by atoms with Crippen LogP contribution in [0.3, 0.4) is 0 Å². The quantitative estimate of drug-likeness (QED) is 0.452. The maximum atomic E-state index is 10.6. The van der Waals surface area contributed by atoms with Crippen LogP contribution >= 0.6 is 0 Å². The molecule has 0 aliphatic heterocycles. The average molecular weight is 170 g/mol. The van der Waals surface area contributed by atoms with E-state index in [0.717, 1.165) is 6.42 Å². The summed E-state index contributed by atoms with van der Waals surface area (Å²) in [7, 11) is 0. The summed E-state index contributed by atoms with van der Waals surface area (Å²) in [6.07, 6.45) is 1.50. The Hall–Kier alpha value is 0.600. The van der Waals surface area contributed by atoms with Crippen LogP contribution in [0.25, 0.3) is 0 Å². The molecule has 0 rings (SSSR count). The summed E-state index contributed by atoms with van der Waals surface area (Å²) in [6.45, 7) is 3.37. The predicted octanol–water partition coefficient (Wildman–Crippen LogP) is 0.418. The molecule has 0 fully saturated rings. The summed E-state index contributed by atoms with van der Waals surface area (Å²) in [4.78, 5) is 20.9. The van der Waals surface area contributed by atoms with E-state index in [4.69, 9.17) is 0 Å². The molecule has 56 valence electrons. The second-order valence-corrected chi connectivity index (χ2v) is 2.17. The van der Waals surface area contributed by atoms with Crippen LogP contribution in [0.15, 0.2) is 0 Å². The standard InChI is InChI=1S/C7H12O2.Ca.2H/c1-3-4-7(9)5-6(2)8;;;/h3-5H2,1-2H3;;;. The van der Waals surface area contributed by atoms with Crippen molar-refractivity contribution in [3.05, 3.63) is 0 Å². The Morgan fingerprint density at radius 3 is 2.10 bits per heavy atom. The Morgan fingerprint density at radius 2 is 1.80 bits per heavy atom. The summed E-state index contributed by atoms with van der Waals surface area (Å²) in [5, 5.41) is 0. The zero-order chi connectivity index (χ0) is 7.28. The van der Waals surface area contributed by atoms with Crippen LogP contribution in [0.4, 0.5) is 0 Å². The molecule has 0 aromatic carbocycles. The number of hydrogen-bond acceptors (Lipinski definition) is 2. The molecule has 0 atom stereocenters. The molecule has 0 N–H and O–H groups in total. The molecule has 0 aromatic rings. The maximum absolute atomic E-state index is 10.6. The number of rotatable bonds is 4. The van der Waals surface area contributed by atoms with Gasteiger partial charge in [0.05, 0.1) is 6.42 Å². The molecule has 0 aromatic heterocycles. The Bertz CT molecular complexity index is 121. The second-order valence-electron chi connectivity index (χ2n) is 2.17. The van der Waals surface area contributed by atoms with Crippen molar-refractivity contribution in [2.24, 2.45) is 0 Å². The van der Waals surface area contributed by atoms with Gasteiger partial charge in [0.1, 0.15) is 11.6 Å². The molecule has 0 amide bonds. The van der Waals surface area contributed by atoms with Crippen LogP contribution in [-0.4, -0.2) is 49.3 Å². The van der Waals surface area contributed by atoms with Crippen LogP contribution in [0.2, 0.25) is 0 Å². The van der Waals surface area contributed by atoms with Gasteiger partial charge in [-0.3, -0.25) is 9.59 Å². The minimum absolute atomic E-state index is 0. The molecule has 0 radical (unpaired) electrons. The number of carbonyl (C=O) groups is 2. The van der Waals surface area contributed by atoms with E-state index >= 15 is 0 Å². The fourth-order valence-electron chi connectivity index (χ4n) is 0.645.